The minimum atomic E-state index is -0.832. The molecule has 0 radical (unpaired) electrons. The van der Waals surface area contributed by atoms with Gasteiger partial charge < -0.3 is 14.4 Å². The van der Waals surface area contributed by atoms with E-state index < -0.39 is 12.0 Å². The van der Waals surface area contributed by atoms with Gasteiger partial charge in [-0.05, 0) is 25.5 Å². The molecular weight excluding hydrogens is 270 g/mol. The molecular formula is C15H13N3O3. The van der Waals surface area contributed by atoms with Crippen molar-refractivity contribution < 1.29 is 14.3 Å². The highest BCUT2D eigenvalue weighted by atomic mass is 16.4. The van der Waals surface area contributed by atoms with Crippen LogP contribution in [0, 0.1) is 6.92 Å². The molecule has 1 N–H and O–H groups in total. The van der Waals surface area contributed by atoms with Gasteiger partial charge in [-0.25, -0.2) is 14.8 Å². The molecule has 6 nitrogen and oxygen atoms in total. The van der Waals surface area contributed by atoms with Gasteiger partial charge in [-0.3, -0.25) is 0 Å². The molecule has 1 fully saturated rings. The Morgan fingerprint density at radius 1 is 1.38 bits per heavy atom. The Morgan fingerprint density at radius 2 is 2.19 bits per heavy atom. The lowest BCUT2D eigenvalue weighted by Gasteiger charge is -2.38. The minimum absolute atomic E-state index is 0.532. The Labute approximate surface area is 120 Å². The predicted octanol–water partition coefficient (Wildman–Crippen LogP) is 2.35. The number of nitrogens with zero attached hydrogens (tertiary/aromatic N) is 3. The average molecular weight is 283 g/mol. The molecule has 0 aliphatic carbocycles. The first-order valence-electron chi connectivity index (χ1n) is 6.80. The van der Waals surface area contributed by atoms with E-state index in [9.17, 15) is 9.90 Å². The number of carboxylic acid groups (broad SMARTS) is 1. The van der Waals surface area contributed by atoms with E-state index in [4.69, 9.17) is 4.42 Å². The highest BCUT2D eigenvalue weighted by Crippen LogP contribution is 2.36. The van der Waals surface area contributed by atoms with Gasteiger partial charge in [0, 0.05) is 11.9 Å². The van der Waals surface area contributed by atoms with Crippen molar-refractivity contribution in [1.82, 2.24) is 9.97 Å². The topological polar surface area (TPSA) is 79.5 Å². The quantitative estimate of drug-likeness (QED) is 0.777. The van der Waals surface area contributed by atoms with Gasteiger partial charge >= 0.3 is 5.97 Å². The lowest BCUT2D eigenvalue weighted by atomic mass is 10.0. The fourth-order valence-corrected chi connectivity index (χ4v) is 2.78. The van der Waals surface area contributed by atoms with Crippen LogP contribution in [0.1, 0.15) is 12.2 Å². The number of anilines is 1. The zero-order valence-corrected chi connectivity index (χ0v) is 11.4. The lowest BCUT2D eigenvalue weighted by Crippen LogP contribution is -2.53. The summed E-state index contributed by atoms with van der Waals surface area (Å²) in [6.07, 6.45) is 0.625. The maximum Gasteiger partial charge on any atom is 0.326 e. The van der Waals surface area contributed by atoms with E-state index in [-0.39, 0.29) is 0 Å². The number of carboxylic acids is 1. The van der Waals surface area contributed by atoms with Crippen LogP contribution in [0.2, 0.25) is 0 Å². The van der Waals surface area contributed by atoms with Crippen LogP contribution >= 0.6 is 0 Å². The van der Waals surface area contributed by atoms with Crippen molar-refractivity contribution in [3.05, 3.63) is 30.1 Å². The Balaban J connectivity index is 1.98. The van der Waals surface area contributed by atoms with Crippen LogP contribution in [-0.2, 0) is 4.79 Å². The number of para-hydroxylation sites is 1. The van der Waals surface area contributed by atoms with Gasteiger partial charge in [0.1, 0.15) is 23.0 Å². The fourth-order valence-electron chi connectivity index (χ4n) is 2.78. The van der Waals surface area contributed by atoms with Crippen LogP contribution < -0.4 is 4.90 Å². The maximum absolute atomic E-state index is 11.2. The second kappa shape index (κ2) is 4.18. The van der Waals surface area contributed by atoms with Crippen LogP contribution in [-0.4, -0.2) is 33.6 Å². The van der Waals surface area contributed by atoms with Crippen molar-refractivity contribution >= 4 is 33.9 Å². The number of furan rings is 1. The van der Waals surface area contributed by atoms with Gasteiger partial charge in [-0.2, -0.15) is 0 Å². The standard InChI is InChI=1S/C15H13N3O3/c1-8-16-12-9-4-2-3-5-11(9)21-13(12)14(17-8)18-7-6-10(18)15(19)20/h2-5,10H,6-7H2,1H3,(H,19,20). The third-order valence-electron chi connectivity index (χ3n) is 3.89. The van der Waals surface area contributed by atoms with E-state index in [0.29, 0.717) is 30.2 Å². The van der Waals surface area contributed by atoms with Crippen molar-refractivity contribution in [3.8, 4) is 0 Å². The highest BCUT2D eigenvalue weighted by molar-refractivity contribution is 6.06. The van der Waals surface area contributed by atoms with E-state index in [2.05, 4.69) is 9.97 Å². The second-order valence-electron chi connectivity index (χ2n) is 5.21. The average Bonchev–Trinajstić information content (AvgIpc) is 2.76. The second-order valence-corrected chi connectivity index (χ2v) is 5.21. The summed E-state index contributed by atoms with van der Waals surface area (Å²) in [5, 5.41) is 10.2. The van der Waals surface area contributed by atoms with Gasteiger partial charge in [0.15, 0.2) is 11.4 Å². The first-order chi connectivity index (χ1) is 10.1. The lowest BCUT2D eigenvalue weighted by molar-refractivity contribution is -0.140. The molecule has 0 bridgehead atoms. The van der Waals surface area contributed by atoms with Crippen molar-refractivity contribution in [2.24, 2.45) is 0 Å². The van der Waals surface area contributed by atoms with Crippen LogP contribution in [0.5, 0.6) is 0 Å². The number of hydrogen-bond donors (Lipinski definition) is 1. The van der Waals surface area contributed by atoms with Gasteiger partial charge in [-0.1, -0.05) is 12.1 Å². The summed E-state index contributed by atoms with van der Waals surface area (Å²) in [4.78, 5) is 21.9. The zero-order chi connectivity index (χ0) is 14.6. The summed E-state index contributed by atoms with van der Waals surface area (Å²) in [5.74, 6) is 0.356. The van der Waals surface area contributed by atoms with E-state index in [1.807, 2.05) is 24.3 Å². The van der Waals surface area contributed by atoms with E-state index in [1.165, 1.54) is 0 Å². The molecule has 1 aromatic carbocycles. The Bertz CT molecular complexity index is 871. The normalized spacial score (nSPS) is 18.1. The van der Waals surface area contributed by atoms with E-state index in [1.54, 1.807) is 11.8 Å². The van der Waals surface area contributed by atoms with Crippen LogP contribution in [0.3, 0.4) is 0 Å². The molecule has 1 aliphatic rings. The monoisotopic (exact) mass is 283 g/mol. The molecule has 0 spiro atoms. The third kappa shape index (κ3) is 1.68. The van der Waals surface area contributed by atoms with Crippen molar-refractivity contribution in [2.45, 2.75) is 19.4 Å². The van der Waals surface area contributed by atoms with Gasteiger partial charge in [0.2, 0.25) is 0 Å². The molecule has 106 valence electrons. The SMILES string of the molecule is Cc1nc(N2CCC2C(=O)O)c2oc3ccccc3c2n1. The van der Waals surface area contributed by atoms with Crippen molar-refractivity contribution in [3.63, 3.8) is 0 Å². The molecule has 1 atom stereocenters. The third-order valence-corrected chi connectivity index (χ3v) is 3.89. The summed E-state index contributed by atoms with van der Waals surface area (Å²) in [7, 11) is 0. The number of aryl methyl sites for hydroxylation is 1. The molecule has 2 aromatic heterocycles. The van der Waals surface area contributed by atoms with Gasteiger partial charge in [-0.15, -0.1) is 0 Å². The number of rotatable bonds is 2. The molecule has 0 amide bonds. The highest BCUT2D eigenvalue weighted by Gasteiger charge is 2.37. The molecule has 6 heteroatoms. The van der Waals surface area contributed by atoms with Crippen molar-refractivity contribution in [2.75, 3.05) is 11.4 Å². The summed E-state index contributed by atoms with van der Waals surface area (Å²) in [6.45, 7) is 2.47. The maximum atomic E-state index is 11.2. The van der Waals surface area contributed by atoms with Crippen LogP contribution in [0.15, 0.2) is 28.7 Å². The Morgan fingerprint density at radius 3 is 2.90 bits per heavy atom. The smallest absolute Gasteiger partial charge is 0.326 e. The van der Waals surface area contributed by atoms with Crippen LogP contribution in [0.25, 0.3) is 22.1 Å². The van der Waals surface area contributed by atoms with Gasteiger partial charge in [0.25, 0.3) is 0 Å². The number of hydrogen-bond acceptors (Lipinski definition) is 5. The van der Waals surface area contributed by atoms with E-state index in [0.717, 1.165) is 16.5 Å². The number of aromatic nitrogens is 2. The number of fused-ring (bicyclic) bond motifs is 3. The molecule has 3 aromatic rings. The summed E-state index contributed by atoms with van der Waals surface area (Å²) >= 11 is 0. The molecule has 21 heavy (non-hydrogen) atoms. The summed E-state index contributed by atoms with van der Waals surface area (Å²) < 4.78 is 5.86. The molecule has 1 aliphatic heterocycles. The molecule has 1 saturated heterocycles. The summed E-state index contributed by atoms with van der Waals surface area (Å²) in [5.41, 5.74) is 2.04. The largest absolute Gasteiger partial charge is 0.480 e. The Hall–Kier alpha value is -2.63. The first kappa shape index (κ1) is 12.1. The number of benzene rings is 1. The molecule has 0 saturated carbocycles. The molecule has 4 rings (SSSR count). The molecule has 3 heterocycles. The van der Waals surface area contributed by atoms with Crippen LogP contribution in [0.4, 0.5) is 5.82 Å². The summed E-state index contributed by atoms with van der Waals surface area (Å²) in [6, 6.07) is 7.12. The number of aliphatic carboxylic acids is 1. The van der Waals surface area contributed by atoms with Crippen molar-refractivity contribution in [1.29, 1.82) is 0 Å². The molecule has 1 unspecified atom stereocenters. The minimum Gasteiger partial charge on any atom is -0.480 e. The number of carbonyl (C=O) groups is 1. The zero-order valence-electron chi connectivity index (χ0n) is 11.4. The Kier molecular flexibility index (Phi) is 2.42. The predicted molar refractivity (Wildman–Crippen MR) is 77.4 cm³/mol. The van der Waals surface area contributed by atoms with Gasteiger partial charge in [0.05, 0.1) is 0 Å². The fraction of sp³-hybridized carbons (Fsp3) is 0.267. The van der Waals surface area contributed by atoms with E-state index >= 15 is 0 Å². The first-order valence-corrected chi connectivity index (χ1v) is 6.80.